The van der Waals surface area contributed by atoms with Crippen LogP contribution < -0.4 is 15.9 Å². The maximum Gasteiger partial charge on any atom is 0.205 e. The number of aromatic nitrogens is 1. The van der Waals surface area contributed by atoms with E-state index in [2.05, 4.69) is 15.5 Å². The SMILES string of the molecule is N#CCOc1ccc(Cl)cc1C=NNc1nc(N)cs1. The number of benzene rings is 1. The van der Waals surface area contributed by atoms with Gasteiger partial charge in [0, 0.05) is 16.0 Å². The predicted octanol–water partition coefficient (Wildman–Crippen LogP) is 2.73. The molecule has 2 aromatic rings. The van der Waals surface area contributed by atoms with Gasteiger partial charge < -0.3 is 10.5 Å². The largest absolute Gasteiger partial charge is 0.478 e. The number of hydrogen-bond donors (Lipinski definition) is 2. The standard InChI is InChI=1S/C12H10ClN5OS/c13-9-1-2-10(19-4-3-14)8(5-9)6-16-18-12-17-11(15)7-20-12/h1-2,5-7H,4,15H2,(H,17,18). The highest BCUT2D eigenvalue weighted by atomic mass is 35.5. The lowest BCUT2D eigenvalue weighted by Gasteiger charge is -2.05. The minimum Gasteiger partial charge on any atom is -0.478 e. The summed E-state index contributed by atoms with van der Waals surface area (Å²) in [4.78, 5) is 4.00. The molecule has 0 saturated carbocycles. The Morgan fingerprint density at radius 2 is 2.45 bits per heavy atom. The topological polar surface area (TPSA) is 96.3 Å². The third-order valence-electron chi connectivity index (χ3n) is 2.15. The lowest BCUT2D eigenvalue weighted by molar-refractivity contribution is 0.367. The Bertz CT molecular complexity index is 664. The first-order valence-corrected chi connectivity index (χ1v) is 6.74. The van der Waals surface area contributed by atoms with Gasteiger partial charge in [-0.25, -0.2) is 4.98 Å². The van der Waals surface area contributed by atoms with Crippen LogP contribution in [0, 0.1) is 11.3 Å². The third-order valence-corrected chi connectivity index (χ3v) is 3.15. The van der Waals surface area contributed by atoms with E-state index in [1.54, 1.807) is 23.6 Å². The maximum atomic E-state index is 8.53. The van der Waals surface area contributed by atoms with Crippen LogP contribution in [0.5, 0.6) is 5.75 Å². The van der Waals surface area contributed by atoms with Crippen molar-refractivity contribution >= 4 is 40.1 Å². The molecular weight excluding hydrogens is 298 g/mol. The molecule has 0 spiro atoms. The van der Waals surface area contributed by atoms with Crippen molar-refractivity contribution in [1.29, 1.82) is 5.26 Å². The average molecular weight is 308 g/mol. The van der Waals surface area contributed by atoms with Gasteiger partial charge in [-0.15, -0.1) is 11.3 Å². The number of nitrogens with two attached hydrogens (primary N) is 1. The fourth-order valence-corrected chi connectivity index (χ4v) is 2.09. The second-order valence-electron chi connectivity index (χ2n) is 3.58. The van der Waals surface area contributed by atoms with Gasteiger partial charge in [0.15, 0.2) is 6.61 Å². The van der Waals surface area contributed by atoms with E-state index in [1.807, 2.05) is 6.07 Å². The summed E-state index contributed by atoms with van der Waals surface area (Å²) in [5.41, 5.74) is 8.91. The smallest absolute Gasteiger partial charge is 0.205 e. The highest BCUT2D eigenvalue weighted by Gasteiger charge is 2.03. The number of anilines is 2. The third kappa shape index (κ3) is 3.85. The molecule has 1 aromatic heterocycles. The Morgan fingerprint density at radius 1 is 1.60 bits per heavy atom. The quantitative estimate of drug-likeness (QED) is 0.654. The zero-order chi connectivity index (χ0) is 14.4. The number of nitrogen functional groups attached to an aromatic ring is 1. The molecule has 20 heavy (non-hydrogen) atoms. The summed E-state index contributed by atoms with van der Waals surface area (Å²) in [5.74, 6) is 0.966. The monoisotopic (exact) mass is 307 g/mol. The first-order valence-electron chi connectivity index (χ1n) is 5.48. The molecule has 1 heterocycles. The van der Waals surface area contributed by atoms with E-state index in [0.29, 0.717) is 27.3 Å². The Morgan fingerprint density at radius 3 is 3.15 bits per heavy atom. The van der Waals surface area contributed by atoms with Gasteiger partial charge in [-0.05, 0) is 18.2 Å². The van der Waals surface area contributed by atoms with Gasteiger partial charge in [-0.2, -0.15) is 10.4 Å². The predicted molar refractivity (Wildman–Crippen MR) is 80.3 cm³/mol. The number of thiazole rings is 1. The van der Waals surface area contributed by atoms with Crippen molar-refractivity contribution in [2.45, 2.75) is 0 Å². The minimum absolute atomic E-state index is 0.0427. The highest BCUT2D eigenvalue weighted by molar-refractivity contribution is 7.14. The van der Waals surface area contributed by atoms with Crippen LogP contribution >= 0.6 is 22.9 Å². The van der Waals surface area contributed by atoms with Crippen LogP contribution in [0.2, 0.25) is 5.02 Å². The molecule has 0 bridgehead atoms. The first-order chi connectivity index (χ1) is 9.69. The summed E-state index contributed by atoms with van der Waals surface area (Å²) < 4.78 is 5.28. The lowest BCUT2D eigenvalue weighted by Crippen LogP contribution is -1.98. The van der Waals surface area contributed by atoms with E-state index in [0.717, 1.165) is 0 Å². The van der Waals surface area contributed by atoms with E-state index < -0.39 is 0 Å². The lowest BCUT2D eigenvalue weighted by atomic mass is 10.2. The van der Waals surface area contributed by atoms with Crippen molar-refractivity contribution in [3.63, 3.8) is 0 Å². The van der Waals surface area contributed by atoms with Gasteiger partial charge in [0.2, 0.25) is 5.13 Å². The van der Waals surface area contributed by atoms with Crippen LogP contribution in [0.15, 0.2) is 28.7 Å². The highest BCUT2D eigenvalue weighted by Crippen LogP contribution is 2.22. The number of ether oxygens (including phenoxy) is 1. The van der Waals surface area contributed by atoms with Gasteiger partial charge in [0.25, 0.3) is 0 Å². The van der Waals surface area contributed by atoms with Crippen molar-refractivity contribution in [2.75, 3.05) is 17.8 Å². The normalized spacial score (nSPS) is 10.4. The van der Waals surface area contributed by atoms with E-state index in [1.165, 1.54) is 17.6 Å². The molecule has 0 atom stereocenters. The number of hydrogen-bond acceptors (Lipinski definition) is 7. The van der Waals surface area contributed by atoms with Gasteiger partial charge in [-0.1, -0.05) is 11.6 Å². The van der Waals surface area contributed by atoms with Crippen molar-refractivity contribution in [3.8, 4) is 11.8 Å². The molecule has 2 rings (SSSR count). The first kappa shape index (κ1) is 14.1. The summed E-state index contributed by atoms with van der Waals surface area (Å²) >= 11 is 7.27. The van der Waals surface area contributed by atoms with Crippen molar-refractivity contribution in [3.05, 3.63) is 34.2 Å². The molecule has 0 aliphatic carbocycles. The summed E-state index contributed by atoms with van der Waals surface area (Å²) in [6.45, 7) is -0.0427. The molecular formula is C12H10ClN5OS. The number of halogens is 1. The summed E-state index contributed by atoms with van der Waals surface area (Å²) in [5, 5.41) is 15.4. The maximum absolute atomic E-state index is 8.53. The Balaban J connectivity index is 2.10. The molecule has 102 valence electrons. The zero-order valence-electron chi connectivity index (χ0n) is 10.2. The van der Waals surface area contributed by atoms with E-state index in [4.69, 9.17) is 27.3 Å². The fourth-order valence-electron chi connectivity index (χ4n) is 1.36. The number of rotatable bonds is 5. The van der Waals surface area contributed by atoms with Crippen LogP contribution in [0.1, 0.15) is 5.56 Å². The van der Waals surface area contributed by atoms with Crippen molar-refractivity contribution < 1.29 is 4.74 Å². The Kier molecular flexibility index (Phi) is 4.76. The molecule has 0 saturated heterocycles. The number of nitriles is 1. The summed E-state index contributed by atoms with van der Waals surface area (Å²) in [6.07, 6.45) is 1.54. The molecule has 0 amide bonds. The van der Waals surface area contributed by atoms with Gasteiger partial charge in [0.05, 0.1) is 6.21 Å². The average Bonchev–Trinajstić information content (AvgIpc) is 2.84. The molecule has 8 heteroatoms. The van der Waals surface area contributed by atoms with Crippen LogP contribution in [0.25, 0.3) is 0 Å². The molecule has 6 nitrogen and oxygen atoms in total. The Labute approximate surface area is 124 Å². The molecule has 0 fully saturated rings. The molecule has 3 N–H and O–H groups in total. The van der Waals surface area contributed by atoms with Gasteiger partial charge in [0.1, 0.15) is 17.6 Å². The van der Waals surface area contributed by atoms with Crippen LogP contribution in [-0.4, -0.2) is 17.8 Å². The van der Waals surface area contributed by atoms with Crippen LogP contribution in [-0.2, 0) is 0 Å². The van der Waals surface area contributed by atoms with Crippen molar-refractivity contribution in [1.82, 2.24) is 4.98 Å². The summed E-state index contributed by atoms with van der Waals surface area (Å²) in [7, 11) is 0. The molecule has 1 aromatic carbocycles. The number of hydrazone groups is 1. The van der Waals surface area contributed by atoms with Crippen molar-refractivity contribution in [2.24, 2.45) is 5.10 Å². The van der Waals surface area contributed by atoms with Crippen LogP contribution in [0.4, 0.5) is 10.9 Å². The van der Waals surface area contributed by atoms with E-state index in [-0.39, 0.29) is 6.61 Å². The second-order valence-corrected chi connectivity index (χ2v) is 4.87. The number of nitrogens with zero attached hydrogens (tertiary/aromatic N) is 3. The van der Waals surface area contributed by atoms with Crippen LogP contribution in [0.3, 0.4) is 0 Å². The Hall–Kier alpha value is -2.30. The van der Waals surface area contributed by atoms with E-state index >= 15 is 0 Å². The van der Waals surface area contributed by atoms with E-state index in [9.17, 15) is 0 Å². The molecule has 0 radical (unpaired) electrons. The second kappa shape index (κ2) is 6.75. The van der Waals surface area contributed by atoms with Gasteiger partial charge in [-0.3, -0.25) is 5.43 Å². The molecule has 0 aliphatic rings. The molecule has 0 unspecified atom stereocenters. The number of nitrogens with one attached hydrogen (secondary N) is 1. The van der Waals surface area contributed by atoms with Gasteiger partial charge >= 0.3 is 0 Å². The molecule has 0 aliphatic heterocycles. The fraction of sp³-hybridized carbons (Fsp3) is 0.0833. The zero-order valence-corrected chi connectivity index (χ0v) is 11.8. The minimum atomic E-state index is -0.0427. The summed E-state index contributed by atoms with van der Waals surface area (Å²) in [6, 6.07) is 6.96.